The van der Waals surface area contributed by atoms with Crippen molar-refractivity contribution < 1.29 is 0 Å². The number of fused-ring (bicyclic) bond motifs is 1. The Kier molecular flexibility index (Phi) is 4.28. The predicted molar refractivity (Wildman–Crippen MR) is 78.6 cm³/mol. The first kappa shape index (κ1) is 13.4. The molecule has 1 aliphatic carbocycles. The van der Waals surface area contributed by atoms with Gasteiger partial charge in [0.1, 0.15) is 0 Å². The predicted octanol–water partition coefficient (Wildman–Crippen LogP) is 3.67. The summed E-state index contributed by atoms with van der Waals surface area (Å²) in [6.07, 6.45) is 4.90. The number of nitrogen functional groups attached to an aromatic ring is 1. The summed E-state index contributed by atoms with van der Waals surface area (Å²) < 4.78 is 0. The summed E-state index contributed by atoms with van der Waals surface area (Å²) in [4.78, 5) is 0. The van der Waals surface area contributed by atoms with E-state index in [-0.39, 0.29) is 0 Å². The van der Waals surface area contributed by atoms with E-state index in [2.05, 4.69) is 38.2 Å². The van der Waals surface area contributed by atoms with Crippen molar-refractivity contribution in [1.82, 2.24) is 5.32 Å². The summed E-state index contributed by atoms with van der Waals surface area (Å²) in [7, 11) is 0. The van der Waals surface area contributed by atoms with Crippen LogP contribution < -0.4 is 11.1 Å². The fraction of sp³-hybridized carbons (Fsp3) is 0.625. The number of anilines is 1. The highest BCUT2D eigenvalue weighted by Gasteiger charge is 2.23. The third-order valence-corrected chi connectivity index (χ3v) is 4.18. The van der Waals surface area contributed by atoms with E-state index < -0.39 is 0 Å². The number of rotatable bonds is 5. The molecule has 1 aromatic carbocycles. The van der Waals surface area contributed by atoms with Crippen LogP contribution in [-0.4, -0.2) is 6.04 Å². The van der Waals surface area contributed by atoms with Crippen LogP contribution in [0.15, 0.2) is 18.2 Å². The Morgan fingerprint density at radius 1 is 1.39 bits per heavy atom. The van der Waals surface area contributed by atoms with Crippen LogP contribution in [-0.2, 0) is 6.42 Å². The summed E-state index contributed by atoms with van der Waals surface area (Å²) >= 11 is 0. The molecule has 2 rings (SSSR count). The highest BCUT2D eigenvalue weighted by atomic mass is 14.9. The molecule has 0 radical (unpaired) electrons. The van der Waals surface area contributed by atoms with Crippen LogP contribution in [0.25, 0.3) is 0 Å². The van der Waals surface area contributed by atoms with Gasteiger partial charge in [0.15, 0.2) is 0 Å². The molecule has 0 fully saturated rings. The summed E-state index contributed by atoms with van der Waals surface area (Å²) in [6, 6.07) is 7.48. The lowest BCUT2D eigenvalue weighted by Crippen LogP contribution is -2.30. The molecule has 0 heterocycles. The molecule has 1 aromatic rings. The molecular weight excluding hydrogens is 220 g/mol. The van der Waals surface area contributed by atoms with Gasteiger partial charge < -0.3 is 11.1 Å². The van der Waals surface area contributed by atoms with Crippen molar-refractivity contribution in [2.75, 3.05) is 5.73 Å². The van der Waals surface area contributed by atoms with Crippen molar-refractivity contribution in [2.24, 2.45) is 5.92 Å². The molecule has 0 amide bonds. The second kappa shape index (κ2) is 5.75. The topological polar surface area (TPSA) is 38.0 Å². The van der Waals surface area contributed by atoms with E-state index in [0.29, 0.717) is 12.1 Å². The van der Waals surface area contributed by atoms with E-state index in [1.165, 1.54) is 30.4 Å². The number of benzene rings is 1. The second-order valence-corrected chi connectivity index (χ2v) is 5.87. The SMILES string of the molecule is CCC(C)CC(C)NC1CCc2cc(N)ccc21. The van der Waals surface area contributed by atoms with Gasteiger partial charge in [-0.25, -0.2) is 0 Å². The lowest BCUT2D eigenvalue weighted by Gasteiger charge is -2.22. The first-order valence-corrected chi connectivity index (χ1v) is 7.24. The van der Waals surface area contributed by atoms with Crippen molar-refractivity contribution >= 4 is 5.69 Å². The number of hydrogen-bond donors (Lipinski definition) is 2. The second-order valence-electron chi connectivity index (χ2n) is 5.87. The van der Waals surface area contributed by atoms with Crippen LogP contribution >= 0.6 is 0 Å². The smallest absolute Gasteiger partial charge is 0.0328 e. The van der Waals surface area contributed by atoms with E-state index in [1.807, 2.05) is 6.07 Å². The molecule has 0 aromatic heterocycles. The van der Waals surface area contributed by atoms with Crippen molar-refractivity contribution in [3.63, 3.8) is 0 Å². The van der Waals surface area contributed by atoms with E-state index in [9.17, 15) is 0 Å². The van der Waals surface area contributed by atoms with Gasteiger partial charge in [0.05, 0.1) is 0 Å². The lowest BCUT2D eigenvalue weighted by atomic mass is 9.99. The molecule has 0 saturated heterocycles. The summed E-state index contributed by atoms with van der Waals surface area (Å²) in [5.74, 6) is 0.805. The molecule has 0 aliphatic heterocycles. The molecule has 2 heteroatoms. The summed E-state index contributed by atoms with van der Waals surface area (Å²) in [5.41, 5.74) is 9.62. The van der Waals surface area contributed by atoms with Gasteiger partial charge in [-0.15, -0.1) is 0 Å². The van der Waals surface area contributed by atoms with E-state index in [0.717, 1.165) is 18.0 Å². The van der Waals surface area contributed by atoms with Crippen molar-refractivity contribution in [3.05, 3.63) is 29.3 Å². The third-order valence-electron chi connectivity index (χ3n) is 4.18. The molecule has 3 atom stereocenters. The minimum Gasteiger partial charge on any atom is -0.399 e. The number of hydrogen-bond acceptors (Lipinski definition) is 2. The van der Waals surface area contributed by atoms with Gasteiger partial charge in [-0.1, -0.05) is 26.3 Å². The molecule has 3 N–H and O–H groups in total. The Morgan fingerprint density at radius 3 is 2.89 bits per heavy atom. The monoisotopic (exact) mass is 246 g/mol. The Bertz CT molecular complexity index is 400. The van der Waals surface area contributed by atoms with E-state index in [4.69, 9.17) is 5.73 Å². The average Bonchev–Trinajstić information content (AvgIpc) is 2.71. The van der Waals surface area contributed by atoms with E-state index in [1.54, 1.807) is 0 Å². The zero-order valence-corrected chi connectivity index (χ0v) is 11.9. The zero-order chi connectivity index (χ0) is 13.1. The van der Waals surface area contributed by atoms with Gasteiger partial charge in [-0.2, -0.15) is 0 Å². The molecule has 0 bridgehead atoms. The normalized spacial score (nSPS) is 21.6. The number of nitrogens with one attached hydrogen (secondary N) is 1. The molecule has 0 spiro atoms. The number of aryl methyl sites for hydroxylation is 1. The van der Waals surface area contributed by atoms with Crippen LogP contribution in [0.3, 0.4) is 0 Å². The Morgan fingerprint density at radius 2 is 2.17 bits per heavy atom. The zero-order valence-electron chi connectivity index (χ0n) is 11.9. The van der Waals surface area contributed by atoms with Crippen LogP contribution in [0, 0.1) is 5.92 Å². The molecule has 100 valence electrons. The van der Waals surface area contributed by atoms with Gasteiger partial charge in [0, 0.05) is 17.8 Å². The van der Waals surface area contributed by atoms with Gasteiger partial charge in [0.25, 0.3) is 0 Å². The quantitative estimate of drug-likeness (QED) is 0.778. The maximum Gasteiger partial charge on any atom is 0.0328 e. The van der Waals surface area contributed by atoms with Crippen molar-refractivity contribution in [3.8, 4) is 0 Å². The van der Waals surface area contributed by atoms with Gasteiger partial charge >= 0.3 is 0 Å². The average molecular weight is 246 g/mol. The molecule has 1 aliphatic rings. The van der Waals surface area contributed by atoms with Gasteiger partial charge in [0.2, 0.25) is 0 Å². The Labute approximate surface area is 111 Å². The van der Waals surface area contributed by atoms with Crippen LogP contribution in [0.5, 0.6) is 0 Å². The van der Waals surface area contributed by atoms with Crippen molar-refractivity contribution in [2.45, 2.75) is 58.5 Å². The Hall–Kier alpha value is -1.02. The van der Waals surface area contributed by atoms with Crippen LogP contribution in [0.4, 0.5) is 5.69 Å². The van der Waals surface area contributed by atoms with Crippen molar-refractivity contribution in [1.29, 1.82) is 0 Å². The minimum atomic E-state index is 0.527. The maximum atomic E-state index is 5.84. The van der Waals surface area contributed by atoms with Crippen LogP contribution in [0.1, 0.15) is 57.2 Å². The fourth-order valence-electron chi connectivity index (χ4n) is 2.99. The van der Waals surface area contributed by atoms with Gasteiger partial charge in [-0.3, -0.25) is 0 Å². The molecule has 3 unspecified atom stereocenters. The molecule has 18 heavy (non-hydrogen) atoms. The van der Waals surface area contributed by atoms with E-state index >= 15 is 0 Å². The molecular formula is C16H26N2. The minimum absolute atomic E-state index is 0.527. The summed E-state index contributed by atoms with van der Waals surface area (Å²) in [6.45, 7) is 6.91. The standard InChI is InChI=1S/C16H26N2/c1-4-11(2)9-12(3)18-16-8-5-13-10-14(17)6-7-15(13)16/h6-7,10-12,16,18H,4-5,8-9,17H2,1-3H3. The number of nitrogens with two attached hydrogens (primary N) is 1. The third kappa shape index (κ3) is 3.05. The fourth-order valence-corrected chi connectivity index (χ4v) is 2.99. The van der Waals surface area contributed by atoms with Crippen LogP contribution in [0.2, 0.25) is 0 Å². The largest absolute Gasteiger partial charge is 0.399 e. The highest BCUT2D eigenvalue weighted by molar-refractivity contribution is 5.47. The molecule has 2 nitrogen and oxygen atoms in total. The first-order chi connectivity index (χ1) is 8.60. The molecule has 0 saturated carbocycles. The summed E-state index contributed by atoms with van der Waals surface area (Å²) in [5, 5.41) is 3.78. The first-order valence-electron chi connectivity index (χ1n) is 7.24. The highest BCUT2D eigenvalue weighted by Crippen LogP contribution is 2.33. The van der Waals surface area contributed by atoms with Gasteiger partial charge in [-0.05, 0) is 55.4 Å². The maximum absolute atomic E-state index is 5.84. The lowest BCUT2D eigenvalue weighted by molar-refractivity contribution is 0.374. The Balaban J connectivity index is 1.97.